The molecule has 2 aromatic carbocycles. The molecule has 6 heteroatoms. The van der Waals surface area contributed by atoms with Gasteiger partial charge in [0, 0.05) is 21.2 Å². The lowest BCUT2D eigenvalue weighted by atomic mass is 9.99. The number of hydrogen-bond donors (Lipinski definition) is 2. The molecule has 152 valence electrons. The van der Waals surface area contributed by atoms with Crippen molar-refractivity contribution in [1.82, 2.24) is 0 Å². The van der Waals surface area contributed by atoms with E-state index in [0.717, 1.165) is 33.8 Å². The number of amides is 1. The highest BCUT2D eigenvalue weighted by Crippen LogP contribution is 2.48. The number of piperidine rings is 1. The Labute approximate surface area is 181 Å². The lowest BCUT2D eigenvalue weighted by molar-refractivity contribution is -1.03. The maximum atomic E-state index is 13.4. The van der Waals surface area contributed by atoms with E-state index in [1.807, 2.05) is 41.3 Å². The first-order valence-corrected chi connectivity index (χ1v) is 12.0. The molecule has 29 heavy (non-hydrogen) atoms. The molecule has 3 aliphatic rings. The van der Waals surface area contributed by atoms with Crippen LogP contribution in [0, 0.1) is 0 Å². The molecule has 0 aliphatic carbocycles. The van der Waals surface area contributed by atoms with Gasteiger partial charge in [-0.25, -0.2) is 0 Å². The quantitative estimate of drug-likeness (QED) is 0.783. The van der Waals surface area contributed by atoms with E-state index in [9.17, 15) is 4.79 Å². The monoisotopic (exact) mass is 429 g/mol. The van der Waals surface area contributed by atoms with E-state index in [1.54, 1.807) is 21.6 Å². The molecule has 3 aliphatic heterocycles. The fraction of sp³-hybridized carbons (Fsp3) is 0.435. The molecule has 3 heterocycles. The number of hydrogen-bond acceptors (Lipinski definition) is 2. The highest BCUT2D eigenvalue weighted by Gasteiger charge is 2.36. The van der Waals surface area contributed by atoms with Gasteiger partial charge in [-0.05, 0) is 43.2 Å². The average molecular weight is 430 g/mol. The molecule has 2 aromatic rings. The topological polar surface area (TPSA) is 29.2 Å². The molecule has 3 atom stereocenters. The van der Waals surface area contributed by atoms with E-state index in [1.165, 1.54) is 45.4 Å². The molecule has 1 amide bonds. The number of piperazine rings is 1. The summed E-state index contributed by atoms with van der Waals surface area (Å²) < 4.78 is 0. The summed E-state index contributed by atoms with van der Waals surface area (Å²) in [7, 11) is 0. The maximum Gasteiger partial charge on any atom is 0.237 e. The third-order valence-electron chi connectivity index (χ3n) is 6.64. The van der Waals surface area contributed by atoms with Crippen molar-refractivity contribution in [3.63, 3.8) is 0 Å². The van der Waals surface area contributed by atoms with Crippen LogP contribution in [0.4, 0.5) is 11.4 Å². The number of carbonyl (C=O) groups excluding carboxylic acids is 1. The molecular weight excluding hydrogens is 402 g/mol. The fourth-order valence-corrected chi connectivity index (χ4v) is 6.34. The van der Waals surface area contributed by atoms with E-state index in [2.05, 4.69) is 6.07 Å². The van der Waals surface area contributed by atoms with Crippen LogP contribution in [-0.2, 0) is 4.79 Å². The van der Waals surface area contributed by atoms with E-state index < -0.39 is 0 Å². The fourth-order valence-electron chi connectivity index (χ4n) is 5.13. The van der Waals surface area contributed by atoms with Gasteiger partial charge in [0.25, 0.3) is 0 Å². The second kappa shape index (κ2) is 8.31. The van der Waals surface area contributed by atoms with E-state index >= 15 is 0 Å². The SMILES string of the molecule is O=C(CC[NH+]1CC[NH+]2CCCC[C@@H]2C1)N1c2ccccc2Sc2ccc(Cl)cc21. The normalized spacial score (nSPS) is 25.7. The summed E-state index contributed by atoms with van der Waals surface area (Å²) in [5.41, 5.74) is 1.90. The van der Waals surface area contributed by atoms with Gasteiger partial charge in [-0.3, -0.25) is 9.69 Å². The largest absolute Gasteiger partial charge is 0.325 e. The first kappa shape index (κ1) is 19.4. The zero-order chi connectivity index (χ0) is 19.8. The van der Waals surface area contributed by atoms with Gasteiger partial charge >= 0.3 is 0 Å². The summed E-state index contributed by atoms with van der Waals surface area (Å²) >= 11 is 7.99. The van der Waals surface area contributed by atoms with Crippen molar-refractivity contribution in [2.45, 2.75) is 41.5 Å². The summed E-state index contributed by atoms with van der Waals surface area (Å²) in [6.45, 7) is 5.93. The van der Waals surface area contributed by atoms with Crippen molar-refractivity contribution in [3.8, 4) is 0 Å². The second-order valence-electron chi connectivity index (χ2n) is 8.47. The van der Waals surface area contributed by atoms with Crippen molar-refractivity contribution in [2.24, 2.45) is 0 Å². The number of halogens is 1. The predicted molar refractivity (Wildman–Crippen MR) is 118 cm³/mol. The van der Waals surface area contributed by atoms with Crippen molar-refractivity contribution in [1.29, 1.82) is 0 Å². The lowest BCUT2D eigenvalue weighted by Gasteiger charge is -2.39. The number of benzene rings is 2. The smallest absolute Gasteiger partial charge is 0.237 e. The van der Waals surface area contributed by atoms with Gasteiger partial charge in [0.1, 0.15) is 25.7 Å². The standard InChI is InChI=1S/C23H26ClN3OS/c24-17-8-9-22-20(15-17)27(19-6-1-2-7-21(19)29-22)23(28)10-12-25-13-14-26-11-4-3-5-18(26)16-25/h1-2,6-9,15,18H,3-5,10-14,16H2/p+2/t18-/m1/s1. The number of quaternary nitrogens is 2. The molecule has 0 saturated carbocycles. The number of nitrogens with one attached hydrogen (secondary N) is 2. The Morgan fingerprint density at radius 2 is 1.93 bits per heavy atom. The van der Waals surface area contributed by atoms with E-state index in [0.29, 0.717) is 11.4 Å². The van der Waals surface area contributed by atoms with Crippen LogP contribution >= 0.6 is 23.4 Å². The van der Waals surface area contributed by atoms with Crippen LogP contribution in [0.1, 0.15) is 25.7 Å². The summed E-state index contributed by atoms with van der Waals surface area (Å²) in [4.78, 5) is 20.9. The molecular formula is C23H28ClN3OS+2. The van der Waals surface area contributed by atoms with Crippen LogP contribution in [0.25, 0.3) is 0 Å². The maximum absolute atomic E-state index is 13.4. The lowest BCUT2D eigenvalue weighted by Crippen LogP contribution is -3.31. The first-order valence-electron chi connectivity index (χ1n) is 10.8. The van der Waals surface area contributed by atoms with Gasteiger partial charge in [0.05, 0.1) is 30.9 Å². The molecule has 2 N–H and O–H groups in total. The molecule has 0 bridgehead atoms. The zero-order valence-corrected chi connectivity index (χ0v) is 18.2. The summed E-state index contributed by atoms with van der Waals surface area (Å²) in [5.74, 6) is 0.173. The van der Waals surface area contributed by atoms with Gasteiger partial charge in [-0.15, -0.1) is 0 Å². The minimum absolute atomic E-state index is 0.173. The first-order chi connectivity index (χ1) is 14.2. The van der Waals surface area contributed by atoms with E-state index in [4.69, 9.17) is 11.6 Å². The Morgan fingerprint density at radius 3 is 2.86 bits per heavy atom. The Balaban J connectivity index is 1.33. The summed E-state index contributed by atoms with van der Waals surface area (Å²) in [6, 6.07) is 14.8. The minimum Gasteiger partial charge on any atom is -0.325 e. The van der Waals surface area contributed by atoms with Crippen LogP contribution in [0.15, 0.2) is 52.3 Å². The molecule has 2 saturated heterocycles. The van der Waals surface area contributed by atoms with Crippen LogP contribution in [0.5, 0.6) is 0 Å². The minimum atomic E-state index is 0.173. The summed E-state index contributed by atoms with van der Waals surface area (Å²) in [5, 5.41) is 0.670. The Kier molecular flexibility index (Phi) is 5.57. The van der Waals surface area contributed by atoms with Gasteiger partial charge in [-0.1, -0.05) is 35.5 Å². The second-order valence-corrected chi connectivity index (χ2v) is 9.99. The Hall–Kier alpha value is -1.53. The summed E-state index contributed by atoms with van der Waals surface area (Å²) in [6.07, 6.45) is 4.69. The Morgan fingerprint density at radius 1 is 1.07 bits per heavy atom. The number of fused-ring (bicyclic) bond motifs is 3. The van der Waals surface area contributed by atoms with Crippen molar-refractivity contribution < 1.29 is 14.6 Å². The highest BCUT2D eigenvalue weighted by atomic mass is 35.5. The van der Waals surface area contributed by atoms with Crippen LogP contribution in [0.3, 0.4) is 0 Å². The molecule has 0 spiro atoms. The molecule has 2 fully saturated rings. The van der Waals surface area contributed by atoms with Crippen molar-refractivity contribution in [3.05, 3.63) is 47.5 Å². The van der Waals surface area contributed by atoms with E-state index in [-0.39, 0.29) is 5.91 Å². The number of carbonyl (C=O) groups is 1. The van der Waals surface area contributed by atoms with Gasteiger partial charge in [0.15, 0.2) is 0 Å². The third kappa shape index (κ3) is 3.93. The zero-order valence-electron chi connectivity index (χ0n) is 16.6. The highest BCUT2D eigenvalue weighted by molar-refractivity contribution is 7.99. The van der Waals surface area contributed by atoms with Crippen LogP contribution in [0.2, 0.25) is 5.02 Å². The van der Waals surface area contributed by atoms with Crippen LogP contribution < -0.4 is 14.7 Å². The average Bonchev–Trinajstić information content (AvgIpc) is 2.75. The molecule has 5 rings (SSSR count). The number of para-hydroxylation sites is 1. The molecule has 0 radical (unpaired) electrons. The third-order valence-corrected chi connectivity index (χ3v) is 8.01. The van der Waals surface area contributed by atoms with Crippen molar-refractivity contribution >= 4 is 40.6 Å². The van der Waals surface area contributed by atoms with Gasteiger partial charge in [0.2, 0.25) is 5.91 Å². The number of rotatable bonds is 3. The molecule has 4 nitrogen and oxygen atoms in total. The Bertz CT molecular complexity index is 921. The van der Waals surface area contributed by atoms with Gasteiger partial charge in [-0.2, -0.15) is 0 Å². The number of anilines is 2. The van der Waals surface area contributed by atoms with Crippen molar-refractivity contribution in [2.75, 3.05) is 37.6 Å². The predicted octanol–water partition coefficient (Wildman–Crippen LogP) is 2.20. The van der Waals surface area contributed by atoms with Gasteiger partial charge < -0.3 is 9.80 Å². The molecule has 0 aromatic heterocycles. The molecule has 2 unspecified atom stereocenters. The number of nitrogens with zero attached hydrogens (tertiary/aromatic N) is 1. The van der Waals surface area contributed by atoms with Crippen LogP contribution in [-0.4, -0.2) is 44.7 Å².